The molecule has 0 unspecified atom stereocenters. The minimum atomic E-state index is -3.23. The van der Waals surface area contributed by atoms with Crippen molar-refractivity contribution >= 4 is 16.0 Å². The highest BCUT2D eigenvalue weighted by atomic mass is 32.2. The lowest BCUT2D eigenvalue weighted by atomic mass is 9.86. The van der Waals surface area contributed by atoms with E-state index in [1.54, 1.807) is 0 Å². The van der Waals surface area contributed by atoms with Crippen LogP contribution in [-0.4, -0.2) is 44.3 Å². The zero-order valence-corrected chi connectivity index (χ0v) is 15.4. The molecule has 7 nitrogen and oxygen atoms in total. The minimum absolute atomic E-state index is 0.0511. The predicted octanol–water partition coefficient (Wildman–Crippen LogP) is 0.800. The van der Waals surface area contributed by atoms with Gasteiger partial charge in [-0.25, -0.2) is 18.1 Å². The number of aromatic nitrogens is 1. The molecule has 1 aliphatic carbocycles. The van der Waals surface area contributed by atoms with E-state index in [9.17, 15) is 8.42 Å². The molecule has 0 atom stereocenters. The average molecular weight is 356 g/mol. The molecule has 0 aromatic carbocycles. The number of guanidine groups is 1. The van der Waals surface area contributed by atoms with Gasteiger partial charge in [0.05, 0.1) is 12.3 Å². The summed E-state index contributed by atoms with van der Waals surface area (Å²) in [7, 11) is -1.26. The van der Waals surface area contributed by atoms with Gasteiger partial charge in [0.2, 0.25) is 10.0 Å². The van der Waals surface area contributed by atoms with Crippen LogP contribution in [0.3, 0.4) is 0 Å². The zero-order chi connectivity index (χ0) is 17.4. The maximum atomic E-state index is 12.0. The SMILES string of the molecule is CCNC(=NCc1ccn(C)c1)NCCS(=O)(=O)NCC1CCC1. The van der Waals surface area contributed by atoms with Crippen molar-refractivity contribution < 1.29 is 8.42 Å². The van der Waals surface area contributed by atoms with E-state index in [2.05, 4.69) is 20.3 Å². The highest BCUT2D eigenvalue weighted by Crippen LogP contribution is 2.25. The Morgan fingerprint density at radius 3 is 2.75 bits per heavy atom. The van der Waals surface area contributed by atoms with Crippen molar-refractivity contribution in [3.63, 3.8) is 0 Å². The second-order valence-corrected chi connectivity index (χ2v) is 8.20. The van der Waals surface area contributed by atoms with E-state index in [1.165, 1.54) is 6.42 Å². The summed E-state index contributed by atoms with van der Waals surface area (Å²) in [4.78, 5) is 4.48. The molecule has 8 heteroatoms. The second kappa shape index (κ2) is 9.08. The highest BCUT2D eigenvalue weighted by Gasteiger charge is 2.19. The van der Waals surface area contributed by atoms with Crippen LogP contribution in [0.5, 0.6) is 0 Å². The Hall–Kier alpha value is -1.54. The molecule has 1 saturated carbocycles. The summed E-state index contributed by atoms with van der Waals surface area (Å²) in [5.74, 6) is 1.21. The monoisotopic (exact) mass is 355 g/mol. The van der Waals surface area contributed by atoms with Crippen molar-refractivity contribution in [2.45, 2.75) is 32.7 Å². The summed E-state index contributed by atoms with van der Waals surface area (Å²) in [5, 5.41) is 6.21. The van der Waals surface area contributed by atoms with Crippen LogP contribution < -0.4 is 15.4 Å². The van der Waals surface area contributed by atoms with Gasteiger partial charge >= 0.3 is 0 Å². The molecule has 24 heavy (non-hydrogen) atoms. The summed E-state index contributed by atoms with van der Waals surface area (Å²) in [6, 6.07) is 2.02. The van der Waals surface area contributed by atoms with Crippen LogP contribution in [0.4, 0.5) is 0 Å². The molecule has 1 aromatic rings. The molecule has 1 aromatic heterocycles. The van der Waals surface area contributed by atoms with Crippen LogP contribution in [-0.2, 0) is 23.6 Å². The minimum Gasteiger partial charge on any atom is -0.357 e. The van der Waals surface area contributed by atoms with Crippen LogP contribution >= 0.6 is 0 Å². The van der Waals surface area contributed by atoms with E-state index < -0.39 is 10.0 Å². The summed E-state index contributed by atoms with van der Waals surface area (Å²) in [5.41, 5.74) is 1.12. The molecule has 0 spiro atoms. The predicted molar refractivity (Wildman–Crippen MR) is 97.4 cm³/mol. The smallest absolute Gasteiger partial charge is 0.213 e. The molecule has 2 rings (SSSR count). The summed E-state index contributed by atoms with van der Waals surface area (Å²) in [6.07, 6.45) is 7.49. The Kier molecular flexibility index (Phi) is 7.11. The van der Waals surface area contributed by atoms with E-state index in [1.807, 2.05) is 37.0 Å². The van der Waals surface area contributed by atoms with Gasteiger partial charge in [-0.05, 0) is 37.3 Å². The van der Waals surface area contributed by atoms with Gasteiger partial charge in [-0.15, -0.1) is 0 Å². The van der Waals surface area contributed by atoms with Gasteiger partial charge in [-0.3, -0.25) is 0 Å². The Bertz CT molecular complexity index is 635. The van der Waals surface area contributed by atoms with E-state index in [-0.39, 0.29) is 5.75 Å². The van der Waals surface area contributed by atoms with E-state index in [0.717, 1.165) is 24.9 Å². The number of nitrogens with one attached hydrogen (secondary N) is 3. The molecular weight excluding hydrogens is 326 g/mol. The van der Waals surface area contributed by atoms with Crippen molar-refractivity contribution in [1.29, 1.82) is 0 Å². The fourth-order valence-corrected chi connectivity index (χ4v) is 3.49. The van der Waals surface area contributed by atoms with Gasteiger partial charge in [0.25, 0.3) is 0 Å². The van der Waals surface area contributed by atoms with E-state index in [0.29, 0.717) is 31.5 Å². The first kappa shape index (κ1) is 18.8. The fraction of sp³-hybridized carbons (Fsp3) is 0.688. The molecule has 0 saturated heterocycles. The van der Waals surface area contributed by atoms with Crippen molar-refractivity contribution in [3.05, 3.63) is 24.0 Å². The maximum absolute atomic E-state index is 12.0. The number of sulfonamides is 1. The molecule has 0 bridgehead atoms. The molecule has 3 N–H and O–H groups in total. The first-order chi connectivity index (χ1) is 11.5. The fourth-order valence-electron chi connectivity index (χ4n) is 2.48. The number of nitrogens with zero attached hydrogens (tertiary/aromatic N) is 2. The van der Waals surface area contributed by atoms with Gasteiger partial charge in [0.1, 0.15) is 0 Å². The average Bonchev–Trinajstić information content (AvgIpc) is 2.88. The summed E-state index contributed by atoms with van der Waals surface area (Å²) in [6.45, 7) is 4.18. The largest absolute Gasteiger partial charge is 0.357 e. The van der Waals surface area contributed by atoms with Crippen molar-refractivity contribution in [2.75, 3.05) is 25.4 Å². The number of hydrogen-bond acceptors (Lipinski definition) is 3. The summed E-state index contributed by atoms with van der Waals surface area (Å²) >= 11 is 0. The van der Waals surface area contributed by atoms with Crippen molar-refractivity contribution in [1.82, 2.24) is 19.9 Å². The number of aryl methyl sites for hydroxylation is 1. The van der Waals surface area contributed by atoms with E-state index >= 15 is 0 Å². The molecule has 0 amide bonds. The van der Waals surface area contributed by atoms with Gasteiger partial charge in [0.15, 0.2) is 5.96 Å². The van der Waals surface area contributed by atoms with Gasteiger partial charge in [0, 0.05) is 39.1 Å². The molecule has 1 heterocycles. The number of hydrogen-bond donors (Lipinski definition) is 3. The molecule has 1 aliphatic rings. The van der Waals surface area contributed by atoms with E-state index in [4.69, 9.17) is 0 Å². The first-order valence-corrected chi connectivity index (χ1v) is 10.2. The van der Waals surface area contributed by atoms with Crippen LogP contribution in [0.1, 0.15) is 31.7 Å². The molecule has 136 valence electrons. The third-order valence-electron chi connectivity index (χ3n) is 4.14. The molecule has 1 fully saturated rings. The van der Waals surface area contributed by atoms with Crippen LogP contribution in [0, 0.1) is 5.92 Å². The Morgan fingerprint density at radius 2 is 2.17 bits per heavy atom. The quantitative estimate of drug-likeness (QED) is 0.452. The highest BCUT2D eigenvalue weighted by molar-refractivity contribution is 7.89. The lowest BCUT2D eigenvalue weighted by molar-refractivity contribution is 0.316. The Morgan fingerprint density at radius 1 is 1.38 bits per heavy atom. The lowest BCUT2D eigenvalue weighted by Gasteiger charge is -2.25. The number of aliphatic imine (C=N–C) groups is 1. The molecule has 0 radical (unpaired) electrons. The normalized spacial score (nSPS) is 16.0. The van der Waals surface area contributed by atoms with Gasteiger partial charge < -0.3 is 15.2 Å². The van der Waals surface area contributed by atoms with Crippen LogP contribution in [0.25, 0.3) is 0 Å². The number of rotatable bonds is 9. The Labute approximate surface area is 145 Å². The topological polar surface area (TPSA) is 87.5 Å². The van der Waals surface area contributed by atoms with Crippen molar-refractivity contribution in [2.24, 2.45) is 18.0 Å². The first-order valence-electron chi connectivity index (χ1n) is 8.59. The van der Waals surface area contributed by atoms with Gasteiger partial charge in [-0.1, -0.05) is 6.42 Å². The zero-order valence-electron chi connectivity index (χ0n) is 14.6. The Balaban J connectivity index is 1.75. The van der Waals surface area contributed by atoms with Crippen LogP contribution in [0.2, 0.25) is 0 Å². The lowest BCUT2D eigenvalue weighted by Crippen LogP contribution is -2.42. The van der Waals surface area contributed by atoms with Crippen LogP contribution in [0.15, 0.2) is 23.5 Å². The standard InChI is InChI=1S/C16H29N5O2S/c1-3-17-16(19-11-15-7-9-21(2)13-15)18-8-10-24(22,23)20-12-14-5-4-6-14/h7,9,13-14,20H,3-6,8,10-12H2,1-2H3,(H2,17,18,19). The molecule has 0 aliphatic heterocycles. The maximum Gasteiger partial charge on any atom is 0.213 e. The van der Waals surface area contributed by atoms with Gasteiger partial charge in [-0.2, -0.15) is 0 Å². The second-order valence-electron chi connectivity index (χ2n) is 6.27. The third-order valence-corrected chi connectivity index (χ3v) is 5.49. The molecular formula is C16H29N5O2S. The van der Waals surface area contributed by atoms with Crippen molar-refractivity contribution in [3.8, 4) is 0 Å². The summed E-state index contributed by atoms with van der Waals surface area (Å²) < 4.78 is 28.6. The third kappa shape index (κ3) is 6.52.